The van der Waals surface area contributed by atoms with Gasteiger partial charge in [0.1, 0.15) is 5.82 Å². The molecule has 1 aromatic rings. The Kier molecular flexibility index (Phi) is 7.30. The molecule has 1 aliphatic carbocycles. The van der Waals surface area contributed by atoms with Crippen LogP contribution in [-0.2, 0) is 6.42 Å². The average Bonchev–Trinajstić information content (AvgIpc) is 2.88. The number of carbonyl (C=O) groups excluding carboxylic acids is 1. The third kappa shape index (κ3) is 5.97. The molecule has 2 amide bonds. The smallest absolute Gasteiger partial charge is 0.317 e. The van der Waals surface area contributed by atoms with Crippen LogP contribution >= 0.6 is 0 Å². The lowest BCUT2D eigenvalue weighted by Gasteiger charge is -2.28. The summed E-state index contributed by atoms with van der Waals surface area (Å²) in [5.74, 6) is 0.634. The fourth-order valence-electron chi connectivity index (χ4n) is 4.21. The third-order valence-corrected chi connectivity index (χ3v) is 5.70. The van der Waals surface area contributed by atoms with Crippen LogP contribution in [-0.4, -0.2) is 55.1 Å². The zero-order valence-corrected chi connectivity index (χ0v) is 15.8. The minimum Gasteiger partial charge on any atom is -0.338 e. The number of carbonyl (C=O) groups is 1. The Morgan fingerprint density at radius 1 is 1.08 bits per heavy atom. The van der Waals surface area contributed by atoms with Crippen LogP contribution in [0.25, 0.3) is 0 Å². The third-order valence-electron chi connectivity index (χ3n) is 5.70. The Balaban J connectivity index is 1.38. The molecule has 1 saturated carbocycles. The summed E-state index contributed by atoms with van der Waals surface area (Å²) < 4.78 is 13.2. The molecular weight excluding hydrogens is 329 g/mol. The number of benzene rings is 1. The van der Waals surface area contributed by atoms with E-state index in [0.29, 0.717) is 13.0 Å². The van der Waals surface area contributed by atoms with Gasteiger partial charge in [0.25, 0.3) is 0 Å². The van der Waals surface area contributed by atoms with Gasteiger partial charge in [0.15, 0.2) is 0 Å². The maximum Gasteiger partial charge on any atom is 0.317 e. The normalized spacial score (nSPS) is 20.0. The molecule has 5 heteroatoms. The zero-order valence-electron chi connectivity index (χ0n) is 15.8. The lowest BCUT2D eigenvalue weighted by Crippen LogP contribution is -2.43. The number of nitrogens with zero attached hydrogens (tertiary/aromatic N) is 2. The Morgan fingerprint density at radius 3 is 2.73 bits per heavy atom. The quantitative estimate of drug-likeness (QED) is 0.869. The first-order valence-corrected chi connectivity index (χ1v) is 10.2. The minimum absolute atomic E-state index is 0.0147. The molecule has 26 heavy (non-hydrogen) atoms. The number of halogens is 1. The highest BCUT2D eigenvalue weighted by molar-refractivity contribution is 5.74. The second kappa shape index (κ2) is 9.91. The first-order chi connectivity index (χ1) is 12.7. The summed E-state index contributed by atoms with van der Waals surface area (Å²) in [4.78, 5) is 16.9. The molecule has 0 atom stereocenters. The van der Waals surface area contributed by atoms with Crippen molar-refractivity contribution in [3.05, 3.63) is 35.6 Å². The van der Waals surface area contributed by atoms with E-state index in [9.17, 15) is 9.18 Å². The Hall–Kier alpha value is -1.62. The highest BCUT2D eigenvalue weighted by Gasteiger charge is 2.22. The maximum atomic E-state index is 13.2. The highest BCUT2D eigenvalue weighted by atomic mass is 19.1. The molecule has 144 valence electrons. The number of hydrogen-bond acceptors (Lipinski definition) is 2. The maximum absolute atomic E-state index is 13.2. The minimum atomic E-state index is -0.223. The van der Waals surface area contributed by atoms with Gasteiger partial charge in [0.2, 0.25) is 0 Å². The van der Waals surface area contributed by atoms with Crippen molar-refractivity contribution in [2.24, 2.45) is 5.92 Å². The van der Waals surface area contributed by atoms with Gasteiger partial charge >= 0.3 is 6.03 Å². The largest absolute Gasteiger partial charge is 0.338 e. The van der Waals surface area contributed by atoms with E-state index in [4.69, 9.17) is 0 Å². The van der Waals surface area contributed by atoms with E-state index in [2.05, 4.69) is 10.2 Å². The molecule has 2 fully saturated rings. The molecule has 1 N–H and O–H groups in total. The van der Waals surface area contributed by atoms with Gasteiger partial charge in [-0.05, 0) is 55.8 Å². The molecule has 4 nitrogen and oxygen atoms in total. The summed E-state index contributed by atoms with van der Waals surface area (Å²) in [6, 6.07) is 6.59. The summed E-state index contributed by atoms with van der Waals surface area (Å²) >= 11 is 0. The van der Waals surface area contributed by atoms with E-state index in [-0.39, 0.29) is 11.8 Å². The lowest BCUT2D eigenvalue weighted by molar-refractivity contribution is 0.190. The molecule has 1 aliphatic heterocycles. The highest BCUT2D eigenvalue weighted by Crippen LogP contribution is 2.24. The van der Waals surface area contributed by atoms with E-state index < -0.39 is 0 Å². The van der Waals surface area contributed by atoms with Crippen molar-refractivity contribution in [2.75, 3.05) is 39.3 Å². The number of nitrogens with one attached hydrogen (secondary N) is 1. The van der Waals surface area contributed by atoms with Crippen molar-refractivity contribution in [3.8, 4) is 0 Å². The van der Waals surface area contributed by atoms with E-state index in [1.54, 1.807) is 6.07 Å². The number of rotatable bonds is 5. The first kappa shape index (κ1) is 19.2. The van der Waals surface area contributed by atoms with Crippen molar-refractivity contribution in [2.45, 2.75) is 44.9 Å². The topological polar surface area (TPSA) is 35.6 Å². The zero-order chi connectivity index (χ0) is 18.2. The summed E-state index contributed by atoms with van der Waals surface area (Å²) in [6.45, 7) is 5.46. The number of amides is 2. The molecule has 1 saturated heterocycles. The van der Waals surface area contributed by atoms with Crippen LogP contribution in [0.3, 0.4) is 0 Å². The van der Waals surface area contributed by atoms with Crippen molar-refractivity contribution < 1.29 is 9.18 Å². The summed E-state index contributed by atoms with van der Waals surface area (Å²) in [5.41, 5.74) is 0.917. The van der Waals surface area contributed by atoms with E-state index in [1.165, 1.54) is 50.8 Å². The van der Waals surface area contributed by atoms with Crippen LogP contribution in [0.15, 0.2) is 24.3 Å². The second-order valence-electron chi connectivity index (χ2n) is 7.76. The van der Waals surface area contributed by atoms with Crippen LogP contribution < -0.4 is 5.32 Å². The van der Waals surface area contributed by atoms with Crippen molar-refractivity contribution in [1.82, 2.24) is 15.1 Å². The SMILES string of the molecule is O=C(NCCc1cccc(F)c1)N1CCCN(CC2CCCCC2)CC1. The van der Waals surface area contributed by atoms with Crippen LogP contribution in [0, 0.1) is 11.7 Å². The predicted octanol–water partition coefficient (Wildman–Crippen LogP) is 3.67. The van der Waals surface area contributed by atoms with Gasteiger partial charge in [0, 0.05) is 32.7 Å². The Bertz CT molecular complexity index is 574. The van der Waals surface area contributed by atoms with Gasteiger partial charge in [0.05, 0.1) is 0 Å². The van der Waals surface area contributed by atoms with Gasteiger partial charge in [-0.1, -0.05) is 31.4 Å². The number of urea groups is 1. The van der Waals surface area contributed by atoms with Crippen molar-refractivity contribution in [3.63, 3.8) is 0 Å². The molecule has 0 unspecified atom stereocenters. The summed E-state index contributed by atoms with van der Waals surface area (Å²) in [7, 11) is 0. The lowest BCUT2D eigenvalue weighted by atomic mass is 9.89. The molecule has 0 spiro atoms. The van der Waals surface area contributed by atoms with Gasteiger partial charge < -0.3 is 15.1 Å². The standard InChI is InChI=1S/C21H32FN3O/c22-20-9-4-8-18(16-20)10-11-23-21(26)25-13-5-12-24(14-15-25)17-19-6-2-1-3-7-19/h4,8-9,16,19H,1-3,5-7,10-15,17H2,(H,23,26). The summed E-state index contributed by atoms with van der Waals surface area (Å²) in [5, 5.41) is 2.99. The average molecular weight is 362 g/mol. The fraction of sp³-hybridized carbons (Fsp3) is 0.667. The van der Waals surface area contributed by atoms with Crippen molar-refractivity contribution >= 4 is 6.03 Å². The van der Waals surface area contributed by atoms with Gasteiger partial charge in [-0.2, -0.15) is 0 Å². The molecular formula is C21H32FN3O. The molecule has 0 aromatic heterocycles. The van der Waals surface area contributed by atoms with E-state index >= 15 is 0 Å². The van der Waals surface area contributed by atoms with E-state index in [0.717, 1.165) is 44.1 Å². The van der Waals surface area contributed by atoms with E-state index in [1.807, 2.05) is 11.0 Å². The molecule has 3 rings (SSSR count). The number of hydrogen-bond donors (Lipinski definition) is 1. The van der Waals surface area contributed by atoms with Crippen LogP contribution in [0.2, 0.25) is 0 Å². The monoisotopic (exact) mass is 361 g/mol. The molecule has 1 heterocycles. The molecule has 0 radical (unpaired) electrons. The Labute approximate surface area is 156 Å². The van der Waals surface area contributed by atoms with Crippen molar-refractivity contribution in [1.29, 1.82) is 0 Å². The van der Waals surface area contributed by atoms with Gasteiger partial charge in [-0.3, -0.25) is 0 Å². The van der Waals surface area contributed by atoms with Crippen LogP contribution in [0.5, 0.6) is 0 Å². The van der Waals surface area contributed by atoms with Crippen LogP contribution in [0.4, 0.5) is 9.18 Å². The molecule has 2 aliphatic rings. The predicted molar refractivity (Wildman–Crippen MR) is 103 cm³/mol. The second-order valence-corrected chi connectivity index (χ2v) is 7.76. The van der Waals surface area contributed by atoms with Gasteiger partial charge in [-0.25, -0.2) is 9.18 Å². The Morgan fingerprint density at radius 2 is 1.92 bits per heavy atom. The van der Waals surface area contributed by atoms with Crippen LogP contribution in [0.1, 0.15) is 44.1 Å². The fourth-order valence-corrected chi connectivity index (χ4v) is 4.21. The first-order valence-electron chi connectivity index (χ1n) is 10.2. The molecule has 1 aromatic carbocycles. The van der Waals surface area contributed by atoms with Gasteiger partial charge in [-0.15, -0.1) is 0 Å². The summed E-state index contributed by atoms with van der Waals surface area (Å²) in [6.07, 6.45) is 8.63. The molecule has 0 bridgehead atoms.